The normalized spacial score (nSPS) is 11.1. The summed E-state index contributed by atoms with van der Waals surface area (Å²) in [7, 11) is 0. The number of carbonyl (C=O) groups is 1. The molecule has 1 aromatic rings. The number of benzene rings is 1. The summed E-state index contributed by atoms with van der Waals surface area (Å²) < 4.78 is 37.9. The molecule has 0 spiro atoms. The second kappa shape index (κ2) is 6.25. The number of halogens is 3. The Morgan fingerprint density at radius 2 is 1.94 bits per heavy atom. The maximum Gasteiger partial charge on any atom is 0.418 e. The molecule has 0 aliphatic rings. The SMILES string of the molecule is NCCCNC(=O)Nc1ccccc1C(F)(F)F. The van der Waals surface area contributed by atoms with E-state index in [9.17, 15) is 18.0 Å². The number of alkyl halides is 3. The molecule has 4 nitrogen and oxygen atoms in total. The van der Waals surface area contributed by atoms with Gasteiger partial charge < -0.3 is 16.4 Å². The molecule has 2 amide bonds. The van der Waals surface area contributed by atoms with Crippen LogP contribution in [-0.4, -0.2) is 19.1 Å². The first-order valence-corrected chi connectivity index (χ1v) is 5.36. The molecule has 0 radical (unpaired) electrons. The Morgan fingerprint density at radius 1 is 1.28 bits per heavy atom. The molecule has 0 heterocycles. The average Bonchev–Trinajstić information content (AvgIpc) is 2.28. The summed E-state index contributed by atoms with van der Waals surface area (Å²) in [5, 5.41) is 4.58. The molecule has 0 saturated carbocycles. The fourth-order valence-electron chi connectivity index (χ4n) is 1.31. The van der Waals surface area contributed by atoms with Gasteiger partial charge in [-0.1, -0.05) is 12.1 Å². The minimum absolute atomic E-state index is 0.268. The van der Waals surface area contributed by atoms with E-state index in [2.05, 4.69) is 10.6 Å². The summed E-state index contributed by atoms with van der Waals surface area (Å²) in [6.45, 7) is 0.718. The van der Waals surface area contributed by atoms with Crippen molar-refractivity contribution in [2.24, 2.45) is 5.73 Å². The van der Waals surface area contributed by atoms with E-state index < -0.39 is 17.8 Å². The van der Waals surface area contributed by atoms with Gasteiger partial charge in [0.25, 0.3) is 0 Å². The van der Waals surface area contributed by atoms with Gasteiger partial charge in [-0.15, -0.1) is 0 Å². The summed E-state index contributed by atoms with van der Waals surface area (Å²) in [4.78, 5) is 11.3. The Morgan fingerprint density at radius 3 is 2.56 bits per heavy atom. The standard InChI is InChI=1S/C11H14F3N3O/c12-11(13,14)8-4-1-2-5-9(8)17-10(18)16-7-3-6-15/h1-2,4-5H,3,6-7,15H2,(H2,16,17,18). The van der Waals surface area contributed by atoms with E-state index in [1.165, 1.54) is 18.2 Å². The van der Waals surface area contributed by atoms with Crippen molar-refractivity contribution in [3.05, 3.63) is 29.8 Å². The predicted molar refractivity (Wildman–Crippen MR) is 62.1 cm³/mol. The molecule has 0 atom stereocenters. The number of hydrogen-bond acceptors (Lipinski definition) is 2. The number of urea groups is 1. The molecular formula is C11H14F3N3O. The second-order valence-electron chi connectivity index (χ2n) is 3.57. The highest BCUT2D eigenvalue weighted by atomic mass is 19.4. The highest BCUT2D eigenvalue weighted by Crippen LogP contribution is 2.34. The van der Waals surface area contributed by atoms with Gasteiger partial charge in [0, 0.05) is 6.54 Å². The zero-order chi connectivity index (χ0) is 13.6. The number of para-hydroxylation sites is 1. The largest absolute Gasteiger partial charge is 0.418 e. The van der Waals surface area contributed by atoms with Gasteiger partial charge in [-0.25, -0.2) is 4.79 Å². The highest BCUT2D eigenvalue weighted by Gasteiger charge is 2.33. The number of rotatable bonds is 4. The van der Waals surface area contributed by atoms with Crippen molar-refractivity contribution in [3.8, 4) is 0 Å². The minimum Gasteiger partial charge on any atom is -0.338 e. The third-order valence-corrected chi connectivity index (χ3v) is 2.15. The van der Waals surface area contributed by atoms with Crippen LogP contribution < -0.4 is 16.4 Å². The number of amides is 2. The van der Waals surface area contributed by atoms with Crippen LogP contribution in [0.1, 0.15) is 12.0 Å². The van der Waals surface area contributed by atoms with E-state index in [0.717, 1.165) is 6.07 Å². The summed E-state index contributed by atoms with van der Waals surface area (Å²) in [5.74, 6) is 0. The summed E-state index contributed by atoms with van der Waals surface area (Å²) in [6, 6.07) is 4.12. The first-order chi connectivity index (χ1) is 8.45. The number of hydrogen-bond donors (Lipinski definition) is 3. The van der Waals surface area contributed by atoms with Gasteiger partial charge >= 0.3 is 12.2 Å². The van der Waals surface area contributed by atoms with E-state index in [-0.39, 0.29) is 5.69 Å². The predicted octanol–water partition coefficient (Wildman–Crippen LogP) is 2.18. The number of carbonyl (C=O) groups excluding carboxylic acids is 1. The Kier molecular flexibility index (Phi) is 4.96. The Labute approximate surface area is 102 Å². The van der Waals surface area contributed by atoms with Crippen molar-refractivity contribution < 1.29 is 18.0 Å². The molecule has 1 aromatic carbocycles. The first-order valence-electron chi connectivity index (χ1n) is 5.36. The zero-order valence-corrected chi connectivity index (χ0v) is 9.55. The molecule has 0 unspecified atom stereocenters. The van der Waals surface area contributed by atoms with E-state index >= 15 is 0 Å². The van der Waals surface area contributed by atoms with Crippen LogP contribution in [0.25, 0.3) is 0 Å². The van der Waals surface area contributed by atoms with Crippen molar-refractivity contribution in [2.45, 2.75) is 12.6 Å². The molecule has 4 N–H and O–H groups in total. The van der Waals surface area contributed by atoms with Gasteiger partial charge in [0.05, 0.1) is 11.3 Å². The smallest absolute Gasteiger partial charge is 0.338 e. The lowest BCUT2D eigenvalue weighted by Gasteiger charge is -2.13. The van der Waals surface area contributed by atoms with Crippen LogP contribution in [-0.2, 0) is 6.18 Å². The lowest BCUT2D eigenvalue weighted by molar-refractivity contribution is -0.136. The molecule has 1 rings (SSSR count). The molecular weight excluding hydrogens is 247 g/mol. The number of nitrogens with two attached hydrogens (primary N) is 1. The molecule has 0 saturated heterocycles. The van der Waals surface area contributed by atoms with Crippen LogP contribution in [0, 0.1) is 0 Å². The fourth-order valence-corrected chi connectivity index (χ4v) is 1.31. The number of nitrogens with one attached hydrogen (secondary N) is 2. The molecule has 7 heteroatoms. The van der Waals surface area contributed by atoms with Crippen molar-refractivity contribution in [2.75, 3.05) is 18.4 Å². The van der Waals surface area contributed by atoms with Crippen LogP contribution in [0.5, 0.6) is 0 Å². The van der Waals surface area contributed by atoms with Gasteiger partial charge in [-0.3, -0.25) is 0 Å². The van der Waals surface area contributed by atoms with Crippen molar-refractivity contribution in [1.82, 2.24) is 5.32 Å². The molecule has 0 aliphatic carbocycles. The fraction of sp³-hybridized carbons (Fsp3) is 0.364. The lowest BCUT2D eigenvalue weighted by Crippen LogP contribution is -2.31. The Balaban J connectivity index is 2.70. The van der Waals surface area contributed by atoms with Crippen LogP contribution in [0.3, 0.4) is 0 Å². The van der Waals surface area contributed by atoms with Gasteiger partial charge in [0.1, 0.15) is 0 Å². The third kappa shape index (κ3) is 4.25. The topological polar surface area (TPSA) is 67.1 Å². The van der Waals surface area contributed by atoms with E-state index in [0.29, 0.717) is 19.5 Å². The average molecular weight is 261 g/mol. The summed E-state index contributed by atoms with van der Waals surface area (Å²) in [5.41, 5.74) is 4.08. The van der Waals surface area contributed by atoms with Crippen molar-refractivity contribution >= 4 is 11.7 Å². The quantitative estimate of drug-likeness (QED) is 0.727. The number of anilines is 1. The third-order valence-electron chi connectivity index (χ3n) is 2.15. The van der Waals surface area contributed by atoms with Crippen LogP contribution in [0.15, 0.2) is 24.3 Å². The Hall–Kier alpha value is -1.76. The van der Waals surface area contributed by atoms with Gasteiger partial charge in [-0.2, -0.15) is 13.2 Å². The maximum atomic E-state index is 12.6. The van der Waals surface area contributed by atoms with Gasteiger partial charge in [0.2, 0.25) is 0 Å². The Bertz CT molecular complexity index is 407. The molecule has 0 aromatic heterocycles. The van der Waals surface area contributed by atoms with Crippen LogP contribution in [0.4, 0.5) is 23.7 Å². The summed E-state index contributed by atoms with van der Waals surface area (Å²) >= 11 is 0. The van der Waals surface area contributed by atoms with Gasteiger partial charge in [0.15, 0.2) is 0 Å². The van der Waals surface area contributed by atoms with E-state index in [4.69, 9.17) is 5.73 Å². The van der Waals surface area contributed by atoms with Crippen molar-refractivity contribution in [3.63, 3.8) is 0 Å². The van der Waals surface area contributed by atoms with E-state index in [1.54, 1.807) is 0 Å². The lowest BCUT2D eigenvalue weighted by atomic mass is 10.1. The first kappa shape index (κ1) is 14.3. The van der Waals surface area contributed by atoms with E-state index in [1.807, 2.05) is 0 Å². The molecule has 0 fully saturated rings. The molecule has 0 aliphatic heterocycles. The van der Waals surface area contributed by atoms with Crippen LogP contribution in [0.2, 0.25) is 0 Å². The maximum absolute atomic E-state index is 12.6. The minimum atomic E-state index is -4.50. The molecule has 100 valence electrons. The van der Waals surface area contributed by atoms with Crippen molar-refractivity contribution in [1.29, 1.82) is 0 Å². The highest BCUT2D eigenvalue weighted by molar-refractivity contribution is 5.90. The van der Waals surface area contributed by atoms with Crippen LogP contribution >= 0.6 is 0 Å². The second-order valence-corrected chi connectivity index (χ2v) is 3.57. The molecule has 0 bridgehead atoms. The summed E-state index contributed by atoms with van der Waals surface area (Å²) in [6.07, 6.45) is -3.94. The molecule has 18 heavy (non-hydrogen) atoms. The zero-order valence-electron chi connectivity index (χ0n) is 9.55. The monoisotopic (exact) mass is 261 g/mol. The van der Waals surface area contributed by atoms with Gasteiger partial charge in [-0.05, 0) is 25.1 Å².